The average molecular weight is 507 g/mol. The Kier molecular flexibility index (Phi) is 7.75. The first-order chi connectivity index (χ1) is 18.5. The molecule has 1 atom stereocenters. The predicted molar refractivity (Wildman–Crippen MR) is 151 cm³/mol. The van der Waals surface area contributed by atoms with E-state index in [1.165, 1.54) is 22.3 Å². The minimum absolute atomic E-state index is 0.0580. The van der Waals surface area contributed by atoms with E-state index in [2.05, 4.69) is 88.6 Å². The summed E-state index contributed by atoms with van der Waals surface area (Å²) in [6.45, 7) is 8.17. The molecule has 0 aliphatic rings. The zero-order valence-electron chi connectivity index (χ0n) is 22.3. The van der Waals surface area contributed by atoms with Crippen LogP contribution in [0.15, 0.2) is 83.7 Å². The second-order valence-electron chi connectivity index (χ2n) is 9.96. The third kappa shape index (κ3) is 5.73. The maximum atomic E-state index is 13.2. The number of fused-ring (bicyclic) bond motifs is 1. The average Bonchev–Trinajstić information content (AvgIpc) is 3.39. The lowest BCUT2D eigenvalue weighted by Gasteiger charge is -2.30. The molecule has 0 saturated carbocycles. The number of aromatic nitrogens is 5. The summed E-state index contributed by atoms with van der Waals surface area (Å²) in [5.41, 5.74) is 6.35. The molecule has 7 heteroatoms. The van der Waals surface area contributed by atoms with Crippen LogP contribution < -0.4 is 5.56 Å². The first-order valence-electron chi connectivity index (χ1n) is 13.2. The number of aryl methyl sites for hydroxylation is 4. The fourth-order valence-corrected chi connectivity index (χ4v) is 5.05. The molecule has 0 fully saturated rings. The third-order valence-electron chi connectivity index (χ3n) is 7.28. The van der Waals surface area contributed by atoms with E-state index in [0.717, 1.165) is 35.1 Å². The van der Waals surface area contributed by atoms with Crippen molar-refractivity contribution in [2.75, 3.05) is 0 Å². The van der Waals surface area contributed by atoms with Gasteiger partial charge in [0.15, 0.2) is 5.82 Å². The van der Waals surface area contributed by atoms with Gasteiger partial charge in [0, 0.05) is 30.7 Å². The van der Waals surface area contributed by atoms with Crippen molar-refractivity contribution in [1.29, 1.82) is 0 Å². The number of H-pyrrole nitrogens is 1. The molecule has 194 valence electrons. The highest BCUT2D eigenvalue weighted by molar-refractivity contribution is 5.80. The van der Waals surface area contributed by atoms with Gasteiger partial charge in [-0.3, -0.25) is 9.69 Å². The van der Waals surface area contributed by atoms with Gasteiger partial charge in [-0.1, -0.05) is 67.6 Å². The summed E-state index contributed by atoms with van der Waals surface area (Å²) in [7, 11) is 0. The Balaban J connectivity index is 1.48. The van der Waals surface area contributed by atoms with Crippen LogP contribution >= 0.6 is 0 Å². The molecule has 5 aromatic rings. The molecule has 0 unspecified atom stereocenters. The van der Waals surface area contributed by atoms with Crippen LogP contribution in [0.2, 0.25) is 0 Å². The van der Waals surface area contributed by atoms with Gasteiger partial charge in [-0.15, -0.1) is 5.10 Å². The lowest BCUT2D eigenvalue weighted by atomic mass is 10.0. The van der Waals surface area contributed by atoms with Crippen molar-refractivity contribution in [1.82, 2.24) is 30.1 Å². The number of aromatic amines is 1. The summed E-state index contributed by atoms with van der Waals surface area (Å²) in [6.07, 6.45) is 1.65. The van der Waals surface area contributed by atoms with Crippen LogP contribution in [0, 0.1) is 13.8 Å². The lowest BCUT2D eigenvalue weighted by Crippen LogP contribution is -2.32. The molecule has 0 radical (unpaired) electrons. The minimum atomic E-state index is -0.0594. The summed E-state index contributed by atoms with van der Waals surface area (Å²) in [4.78, 5) is 18.6. The Morgan fingerprint density at radius 2 is 1.58 bits per heavy atom. The van der Waals surface area contributed by atoms with Gasteiger partial charge in [0.2, 0.25) is 0 Å². The Labute approximate surface area is 223 Å². The zero-order valence-corrected chi connectivity index (χ0v) is 22.3. The van der Waals surface area contributed by atoms with E-state index >= 15 is 0 Å². The lowest BCUT2D eigenvalue weighted by molar-refractivity contribution is 0.160. The van der Waals surface area contributed by atoms with Gasteiger partial charge in [-0.2, -0.15) is 0 Å². The summed E-state index contributed by atoms with van der Waals surface area (Å²) in [5, 5.41) is 13.9. The summed E-state index contributed by atoms with van der Waals surface area (Å²) >= 11 is 0. The molecular formula is C31H34N6O. The molecule has 2 aromatic heterocycles. The van der Waals surface area contributed by atoms with Crippen LogP contribution in [0.3, 0.4) is 0 Å². The molecule has 0 saturated heterocycles. The van der Waals surface area contributed by atoms with Crippen molar-refractivity contribution in [3.63, 3.8) is 0 Å². The second kappa shape index (κ2) is 11.5. The highest BCUT2D eigenvalue weighted by Gasteiger charge is 2.26. The quantitative estimate of drug-likeness (QED) is 0.270. The number of hydrogen-bond donors (Lipinski definition) is 1. The predicted octanol–water partition coefficient (Wildman–Crippen LogP) is 5.53. The van der Waals surface area contributed by atoms with Gasteiger partial charge in [-0.05, 0) is 83.0 Å². The van der Waals surface area contributed by atoms with Crippen molar-refractivity contribution in [2.24, 2.45) is 0 Å². The molecule has 1 N–H and O–H groups in total. The van der Waals surface area contributed by atoms with Gasteiger partial charge in [-0.25, -0.2) is 4.68 Å². The first-order valence-corrected chi connectivity index (χ1v) is 13.2. The molecule has 0 bridgehead atoms. The SMILES string of the molecule is CC[C@H](c1nnnn1CCc1ccccc1)N(Cc1ccccc1)Cc1cc2cc(C)c(C)cc2[nH]c1=O. The monoisotopic (exact) mass is 506 g/mol. The van der Waals surface area contributed by atoms with E-state index in [9.17, 15) is 4.79 Å². The molecule has 0 amide bonds. The molecule has 0 spiro atoms. The van der Waals surface area contributed by atoms with Crippen molar-refractivity contribution < 1.29 is 0 Å². The smallest absolute Gasteiger partial charge is 0.252 e. The second-order valence-corrected chi connectivity index (χ2v) is 9.96. The Morgan fingerprint density at radius 1 is 0.895 bits per heavy atom. The van der Waals surface area contributed by atoms with E-state index < -0.39 is 0 Å². The minimum Gasteiger partial charge on any atom is -0.322 e. The molecular weight excluding hydrogens is 472 g/mol. The third-order valence-corrected chi connectivity index (χ3v) is 7.28. The van der Waals surface area contributed by atoms with Crippen molar-refractivity contribution in [3.8, 4) is 0 Å². The van der Waals surface area contributed by atoms with Crippen LogP contribution in [-0.2, 0) is 26.1 Å². The number of hydrogen-bond acceptors (Lipinski definition) is 5. The van der Waals surface area contributed by atoms with Crippen LogP contribution in [0.5, 0.6) is 0 Å². The molecule has 0 aliphatic heterocycles. The molecule has 0 aliphatic carbocycles. The van der Waals surface area contributed by atoms with Crippen LogP contribution in [0.25, 0.3) is 10.9 Å². The number of pyridine rings is 1. The molecule has 38 heavy (non-hydrogen) atoms. The molecule has 3 aromatic carbocycles. The summed E-state index contributed by atoms with van der Waals surface area (Å²) in [6, 6.07) is 26.9. The fourth-order valence-electron chi connectivity index (χ4n) is 5.05. The van der Waals surface area contributed by atoms with Crippen molar-refractivity contribution in [3.05, 3.63) is 123 Å². The first kappa shape index (κ1) is 25.5. The van der Waals surface area contributed by atoms with E-state index in [1.807, 2.05) is 41.1 Å². The van der Waals surface area contributed by atoms with Crippen LogP contribution in [0.1, 0.15) is 53.0 Å². The molecule has 2 heterocycles. The fraction of sp³-hybridized carbons (Fsp3) is 0.290. The largest absolute Gasteiger partial charge is 0.322 e. The number of tetrazole rings is 1. The number of nitrogens with zero attached hydrogens (tertiary/aromatic N) is 5. The van der Waals surface area contributed by atoms with Gasteiger partial charge in [0.05, 0.1) is 6.04 Å². The normalized spacial score (nSPS) is 12.3. The highest BCUT2D eigenvalue weighted by Crippen LogP contribution is 2.27. The van der Waals surface area contributed by atoms with E-state index in [-0.39, 0.29) is 11.6 Å². The van der Waals surface area contributed by atoms with Gasteiger partial charge < -0.3 is 4.98 Å². The zero-order chi connectivity index (χ0) is 26.5. The Bertz CT molecular complexity index is 1560. The van der Waals surface area contributed by atoms with Crippen LogP contribution in [-0.4, -0.2) is 30.1 Å². The number of rotatable bonds is 10. The van der Waals surface area contributed by atoms with Gasteiger partial charge >= 0.3 is 0 Å². The summed E-state index contributed by atoms with van der Waals surface area (Å²) < 4.78 is 1.91. The maximum Gasteiger partial charge on any atom is 0.252 e. The van der Waals surface area contributed by atoms with Crippen molar-refractivity contribution in [2.45, 2.75) is 59.3 Å². The Morgan fingerprint density at radius 3 is 2.29 bits per heavy atom. The standard InChI is InChI=1S/C31H34N6O/c1-4-29(30-33-34-35-37(30)16-15-24-11-7-5-8-12-24)36(20-25-13-9-6-10-14-25)21-27-19-26-17-22(2)23(3)18-28(26)32-31(27)38/h5-14,17-19,29H,4,15-16,20-21H2,1-3H3,(H,32,38)/t29-/m1/s1. The highest BCUT2D eigenvalue weighted by atomic mass is 16.1. The van der Waals surface area contributed by atoms with Gasteiger partial charge in [0.25, 0.3) is 5.56 Å². The topological polar surface area (TPSA) is 79.7 Å². The number of nitrogens with one attached hydrogen (secondary N) is 1. The van der Waals surface area contributed by atoms with Gasteiger partial charge in [0.1, 0.15) is 0 Å². The molecule has 5 rings (SSSR count). The maximum absolute atomic E-state index is 13.2. The Hall–Kier alpha value is -4.10. The van der Waals surface area contributed by atoms with E-state index in [0.29, 0.717) is 19.6 Å². The summed E-state index contributed by atoms with van der Waals surface area (Å²) in [5.74, 6) is 0.822. The van der Waals surface area contributed by atoms with E-state index in [1.54, 1.807) is 0 Å². The molecule has 7 nitrogen and oxygen atoms in total. The van der Waals surface area contributed by atoms with E-state index in [4.69, 9.17) is 0 Å². The van der Waals surface area contributed by atoms with Crippen molar-refractivity contribution >= 4 is 10.9 Å². The van der Waals surface area contributed by atoms with Crippen LogP contribution in [0.4, 0.5) is 0 Å². The number of benzene rings is 3.